The molecular formula is C12H13FN4. The summed E-state index contributed by atoms with van der Waals surface area (Å²) in [5, 5.41) is 11.3. The molecule has 0 spiro atoms. The van der Waals surface area contributed by atoms with Gasteiger partial charge in [0.15, 0.2) is 5.82 Å². The number of hydrogen-bond acceptors (Lipinski definition) is 3. The fourth-order valence-corrected chi connectivity index (χ4v) is 2.38. The number of fused-ring (bicyclic) bond motifs is 1. The molecule has 1 aromatic carbocycles. The number of anilines is 1. The van der Waals surface area contributed by atoms with Gasteiger partial charge in [-0.15, -0.1) is 5.10 Å². The van der Waals surface area contributed by atoms with Crippen LogP contribution in [0.1, 0.15) is 23.7 Å². The quantitative estimate of drug-likeness (QED) is 0.861. The van der Waals surface area contributed by atoms with E-state index in [9.17, 15) is 4.39 Å². The van der Waals surface area contributed by atoms with Crippen LogP contribution in [0.25, 0.3) is 0 Å². The standard InChI is InChI=1S/C12H13FN4/c1-14-12-11-7-6-10(17(11)16-15-12)8-2-4-9(13)5-3-8/h2-5,10,14H,6-7H2,1H3. The van der Waals surface area contributed by atoms with E-state index in [-0.39, 0.29) is 11.9 Å². The van der Waals surface area contributed by atoms with E-state index >= 15 is 0 Å². The summed E-state index contributed by atoms with van der Waals surface area (Å²) in [7, 11) is 1.84. The van der Waals surface area contributed by atoms with Gasteiger partial charge in [0.05, 0.1) is 11.7 Å². The molecule has 4 nitrogen and oxygen atoms in total. The molecule has 5 heteroatoms. The predicted molar refractivity (Wildman–Crippen MR) is 62.4 cm³/mol. The molecule has 2 aromatic rings. The van der Waals surface area contributed by atoms with Crippen LogP contribution in [-0.2, 0) is 6.42 Å². The van der Waals surface area contributed by atoms with E-state index in [0.717, 1.165) is 29.9 Å². The number of nitrogens with one attached hydrogen (secondary N) is 1. The molecule has 1 aliphatic heterocycles. The maximum atomic E-state index is 12.9. The predicted octanol–water partition coefficient (Wildman–Crippen LogP) is 1.99. The molecule has 88 valence electrons. The van der Waals surface area contributed by atoms with Gasteiger partial charge in [-0.3, -0.25) is 0 Å². The van der Waals surface area contributed by atoms with Crippen LogP contribution >= 0.6 is 0 Å². The highest BCUT2D eigenvalue weighted by Crippen LogP contribution is 2.33. The summed E-state index contributed by atoms with van der Waals surface area (Å²) in [6.07, 6.45) is 1.94. The zero-order valence-corrected chi connectivity index (χ0v) is 9.52. The molecular weight excluding hydrogens is 219 g/mol. The summed E-state index contributed by atoms with van der Waals surface area (Å²) in [5.74, 6) is 0.635. The van der Waals surface area contributed by atoms with Gasteiger partial charge in [-0.25, -0.2) is 9.07 Å². The molecule has 2 heterocycles. The van der Waals surface area contributed by atoms with E-state index in [1.807, 2.05) is 23.9 Å². The van der Waals surface area contributed by atoms with Crippen LogP contribution in [0.3, 0.4) is 0 Å². The lowest BCUT2D eigenvalue weighted by atomic mass is 10.1. The zero-order chi connectivity index (χ0) is 11.8. The van der Waals surface area contributed by atoms with E-state index < -0.39 is 0 Å². The summed E-state index contributed by atoms with van der Waals surface area (Å²) in [4.78, 5) is 0. The third kappa shape index (κ3) is 1.58. The molecule has 0 radical (unpaired) electrons. The summed E-state index contributed by atoms with van der Waals surface area (Å²) in [6, 6.07) is 6.79. The largest absolute Gasteiger partial charge is 0.370 e. The van der Waals surface area contributed by atoms with E-state index in [1.165, 1.54) is 12.1 Å². The first kappa shape index (κ1) is 10.3. The number of nitrogens with zero attached hydrogens (tertiary/aromatic N) is 3. The van der Waals surface area contributed by atoms with Crippen LogP contribution in [0, 0.1) is 5.82 Å². The second-order valence-electron chi connectivity index (χ2n) is 4.19. The van der Waals surface area contributed by atoms with Gasteiger partial charge < -0.3 is 5.32 Å². The molecule has 17 heavy (non-hydrogen) atoms. The van der Waals surface area contributed by atoms with Crippen LogP contribution < -0.4 is 5.32 Å². The minimum Gasteiger partial charge on any atom is -0.370 e. The molecule has 0 bridgehead atoms. The first-order valence-corrected chi connectivity index (χ1v) is 5.67. The number of rotatable bonds is 2. The monoisotopic (exact) mass is 232 g/mol. The number of benzene rings is 1. The maximum Gasteiger partial charge on any atom is 0.171 e. The second-order valence-corrected chi connectivity index (χ2v) is 4.19. The molecule has 1 aliphatic rings. The van der Waals surface area contributed by atoms with Crippen molar-refractivity contribution in [1.29, 1.82) is 0 Å². The summed E-state index contributed by atoms with van der Waals surface area (Å²) in [6.45, 7) is 0. The molecule has 0 aliphatic carbocycles. The number of aromatic nitrogens is 3. The van der Waals surface area contributed by atoms with Crippen molar-refractivity contribution >= 4 is 5.82 Å². The molecule has 1 aromatic heterocycles. The fourth-order valence-electron chi connectivity index (χ4n) is 2.38. The van der Waals surface area contributed by atoms with Gasteiger partial charge in [0.2, 0.25) is 0 Å². The van der Waals surface area contributed by atoms with Crippen LogP contribution in [-0.4, -0.2) is 22.0 Å². The molecule has 3 rings (SSSR count). The van der Waals surface area contributed by atoms with E-state index in [2.05, 4.69) is 15.6 Å². The average Bonchev–Trinajstić information content (AvgIpc) is 2.91. The van der Waals surface area contributed by atoms with E-state index in [0.29, 0.717) is 0 Å². The number of hydrogen-bond donors (Lipinski definition) is 1. The van der Waals surface area contributed by atoms with Crippen molar-refractivity contribution in [1.82, 2.24) is 15.0 Å². The maximum absolute atomic E-state index is 12.9. The molecule has 0 fully saturated rings. The highest BCUT2D eigenvalue weighted by molar-refractivity contribution is 5.41. The average molecular weight is 232 g/mol. The Kier molecular flexibility index (Phi) is 2.31. The van der Waals surface area contributed by atoms with Crippen LogP contribution in [0.15, 0.2) is 24.3 Å². The Morgan fingerprint density at radius 3 is 2.82 bits per heavy atom. The Bertz CT molecular complexity index is 532. The third-order valence-electron chi connectivity index (χ3n) is 3.23. The minimum absolute atomic E-state index is 0.181. The van der Waals surface area contributed by atoms with Crippen molar-refractivity contribution in [3.8, 4) is 0 Å². The Morgan fingerprint density at radius 1 is 1.35 bits per heavy atom. The first-order valence-electron chi connectivity index (χ1n) is 5.67. The van der Waals surface area contributed by atoms with E-state index in [1.54, 1.807) is 0 Å². The van der Waals surface area contributed by atoms with Crippen molar-refractivity contribution < 1.29 is 4.39 Å². The van der Waals surface area contributed by atoms with E-state index in [4.69, 9.17) is 0 Å². The van der Waals surface area contributed by atoms with Gasteiger partial charge in [-0.2, -0.15) is 0 Å². The third-order valence-corrected chi connectivity index (χ3v) is 3.23. The van der Waals surface area contributed by atoms with Crippen molar-refractivity contribution in [3.63, 3.8) is 0 Å². The van der Waals surface area contributed by atoms with Gasteiger partial charge in [0.1, 0.15) is 5.82 Å². The Hall–Kier alpha value is -1.91. The van der Waals surface area contributed by atoms with Gasteiger partial charge in [-0.05, 0) is 30.5 Å². The lowest BCUT2D eigenvalue weighted by molar-refractivity contribution is 0.532. The first-order chi connectivity index (χ1) is 8.29. The molecule has 0 amide bonds. The molecule has 1 unspecified atom stereocenters. The van der Waals surface area contributed by atoms with Gasteiger partial charge in [-0.1, -0.05) is 17.3 Å². The highest BCUT2D eigenvalue weighted by atomic mass is 19.1. The van der Waals surface area contributed by atoms with Crippen LogP contribution in [0.5, 0.6) is 0 Å². The lowest BCUT2D eigenvalue weighted by Gasteiger charge is -2.11. The second kappa shape index (κ2) is 3.84. The summed E-state index contributed by atoms with van der Waals surface area (Å²) >= 11 is 0. The summed E-state index contributed by atoms with van der Waals surface area (Å²) < 4.78 is 14.8. The van der Waals surface area contributed by atoms with Crippen LogP contribution in [0.4, 0.5) is 10.2 Å². The Balaban J connectivity index is 1.98. The number of halogens is 1. The molecule has 0 saturated carbocycles. The highest BCUT2D eigenvalue weighted by Gasteiger charge is 2.27. The molecule has 1 atom stereocenters. The summed E-state index contributed by atoms with van der Waals surface area (Å²) in [5.41, 5.74) is 2.21. The minimum atomic E-state index is -0.207. The van der Waals surface area contributed by atoms with Crippen molar-refractivity contribution in [2.75, 3.05) is 12.4 Å². The fraction of sp³-hybridized carbons (Fsp3) is 0.333. The smallest absolute Gasteiger partial charge is 0.171 e. The Morgan fingerprint density at radius 2 is 2.12 bits per heavy atom. The SMILES string of the molecule is CNc1nnn2c1CCC2c1ccc(F)cc1. The van der Waals surface area contributed by atoms with Gasteiger partial charge in [0.25, 0.3) is 0 Å². The topological polar surface area (TPSA) is 42.7 Å². The lowest BCUT2D eigenvalue weighted by Crippen LogP contribution is -2.07. The zero-order valence-electron chi connectivity index (χ0n) is 9.52. The van der Waals surface area contributed by atoms with Crippen LogP contribution in [0.2, 0.25) is 0 Å². The van der Waals surface area contributed by atoms with Gasteiger partial charge >= 0.3 is 0 Å². The normalized spacial score (nSPS) is 18.1. The van der Waals surface area contributed by atoms with Crippen molar-refractivity contribution in [3.05, 3.63) is 41.3 Å². The van der Waals surface area contributed by atoms with Gasteiger partial charge in [0, 0.05) is 7.05 Å². The molecule has 0 saturated heterocycles. The van der Waals surface area contributed by atoms with Crippen molar-refractivity contribution in [2.45, 2.75) is 18.9 Å². The Labute approximate surface area is 98.5 Å². The van der Waals surface area contributed by atoms with Crippen molar-refractivity contribution in [2.24, 2.45) is 0 Å². The molecule has 1 N–H and O–H groups in total.